The van der Waals surface area contributed by atoms with E-state index < -0.39 is 18.0 Å². The van der Waals surface area contributed by atoms with E-state index in [4.69, 9.17) is 23.7 Å². The number of nitrogens with zero attached hydrogens (tertiary/aromatic N) is 1. The predicted molar refractivity (Wildman–Crippen MR) is 135 cm³/mol. The molecule has 0 bridgehead atoms. The Morgan fingerprint density at radius 1 is 0.972 bits per heavy atom. The van der Waals surface area contributed by atoms with Gasteiger partial charge in [0.15, 0.2) is 11.5 Å². The number of benzene rings is 1. The minimum Gasteiger partial charge on any atom is -0.490 e. The average molecular weight is 521 g/mol. The van der Waals surface area contributed by atoms with Crippen LogP contribution in [-0.4, -0.2) is 63.0 Å². The summed E-state index contributed by atoms with van der Waals surface area (Å²) in [6.45, 7) is 9.25. The quantitative estimate of drug-likeness (QED) is 0.456. The fourth-order valence-electron chi connectivity index (χ4n) is 3.89. The monoisotopic (exact) mass is 520 g/mol. The molecule has 2 aromatic rings. The minimum atomic E-state index is -0.520. The van der Waals surface area contributed by atoms with E-state index in [1.165, 1.54) is 18.4 Å². The summed E-state index contributed by atoms with van der Waals surface area (Å²) in [4.78, 5) is 40.6. The molecule has 2 heterocycles. The highest BCUT2D eigenvalue weighted by molar-refractivity contribution is 7.17. The third-order valence-corrected chi connectivity index (χ3v) is 6.50. The summed E-state index contributed by atoms with van der Waals surface area (Å²) in [7, 11) is 1.33. The lowest BCUT2D eigenvalue weighted by atomic mass is 10.0. The van der Waals surface area contributed by atoms with Crippen molar-refractivity contribution in [2.45, 2.75) is 40.7 Å². The van der Waals surface area contributed by atoms with Crippen molar-refractivity contribution >= 4 is 34.3 Å². The van der Waals surface area contributed by atoms with Crippen molar-refractivity contribution in [3.05, 3.63) is 33.7 Å². The van der Waals surface area contributed by atoms with Gasteiger partial charge in [0, 0.05) is 17.0 Å². The third-order valence-electron chi connectivity index (χ3n) is 5.37. The van der Waals surface area contributed by atoms with Crippen molar-refractivity contribution in [1.82, 2.24) is 4.90 Å². The maximum Gasteiger partial charge on any atom is 0.409 e. The van der Waals surface area contributed by atoms with Gasteiger partial charge in [0.05, 0.1) is 45.6 Å². The molecular formula is C25H32N2O8S. The molecule has 196 valence electrons. The Labute approximate surface area is 214 Å². The van der Waals surface area contributed by atoms with Crippen LogP contribution in [0.15, 0.2) is 12.1 Å². The Morgan fingerprint density at radius 2 is 1.61 bits per heavy atom. The Hall–Kier alpha value is -3.47. The Morgan fingerprint density at radius 3 is 2.17 bits per heavy atom. The lowest BCUT2D eigenvalue weighted by molar-refractivity contribution is 0.0526. The second kappa shape index (κ2) is 12.5. The van der Waals surface area contributed by atoms with Gasteiger partial charge in [0.1, 0.15) is 5.00 Å². The first-order valence-electron chi connectivity index (χ1n) is 11.9. The van der Waals surface area contributed by atoms with Gasteiger partial charge in [-0.2, -0.15) is 0 Å². The summed E-state index contributed by atoms with van der Waals surface area (Å²) < 4.78 is 27.3. The Bertz CT molecular complexity index is 1090. The van der Waals surface area contributed by atoms with Crippen LogP contribution >= 0.6 is 11.3 Å². The summed E-state index contributed by atoms with van der Waals surface area (Å²) in [5, 5.41) is 3.22. The molecule has 0 spiro atoms. The van der Waals surface area contributed by atoms with Gasteiger partial charge >= 0.3 is 12.1 Å². The molecule has 1 aliphatic heterocycles. The fourth-order valence-corrected chi connectivity index (χ4v) is 5.14. The van der Waals surface area contributed by atoms with E-state index in [9.17, 15) is 14.4 Å². The molecule has 0 saturated carbocycles. The highest BCUT2D eigenvalue weighted by Crippen LogP contribution is 2.41. The number of hydrogen-bond donors (Lipinski definition) is 1. The Kier molecular flexibility index (Phi) is 9.40. The highest BCUT2D eigenvalue weighted by atomic mass is 32.1. The number of amides is 2. The van der Waals surface area contributed by atoms with E-state index in [0.29, 0.717) is 60.6 Å². The number of esters is 1. The van der Waals surface area contributed by atoms with Crippen LogP contribution in [0.4, 0.5) is 9.80 Å². The minimum absolute atomic E-state index is 0.194. The maximum atomic E-state index is 13.4. The van der Waals surface area contributed by atoms with E-state index in [1.54, 1.807) is 24.0 Å². The molecule has 1 aliphatic rings. The van der Waals surface area contributed by atoms with Crippen molar-refractivity contribution in [3.63, 3.8) is 0 Å². The summed E-state index contributed by atoms with van der Waals surface area (Å²) in [6, 6.07) is 3.17. The average Bonchev–Trinajstić information content (AvgIpc) is 3.22. The van der Waals surface area contributed by atoms with E-state index in [1.807, 2.05) is 20.8 Å². The smallest absolute Gasteiger partial charge is 0.409 e. The molecular weight excluding hydrogens is 488 g/mol. The van der Waals surface area contributed by atoms with Gasteiger partial charge in [-0.1, -0.05) is 0 Å². The first kappa shape index (κ1) is 27.1. The molecule has 10 nitrogen and oxygen atoms in total. The zero-order valence-corrected chi connectivity index (χ0v) is 22.0. The van der Waals surface area contributed by atoms with Crippen LogP contribution in [0.25, 0.3) is 0 Å². The van der Waals surface area contributed by atoms with Gasteiger partial charge < -0.3 is 33.9 Å². The number of methoxy groups -OCH3 is 1. The molecule has 1 aromatic carbocycles. The number of fused-ring (bicyclic) bond motifs is 1. The van der Waals surface area contributed by atoms with Crippen LogP contribution in [0, 0.1) is 0 Å². The molecule has 11 heteroatoms. The topological polar surface area (TPSA) is 113 Å². The lowest BCUT2D eigenvalue weighted by Crippen LogP contribution is -2.35. The first-order valence-corrected chi connectivity index (χ1v) is 12.7. The predicted octanol–water partition coefficient (Wildman–Crippen LogP) is 4.50. The molecule has 1 N–H and O–H groups in total. The molecule has 0 saturated heterocycles. The number of hydrogen-bond acceptors (Lipinski definition) is 9. The van der Waals surface area contributed by atoms with E-state index in [2.05, 4.69) is 5.32 Å². The third kappa shape index (κ3) is 5.84. The van der Waals surface area contributed by atoms with Crippen LogP contribution in [0.5, 0.6) is 17.2 Å². The van der Waals surface area contributed by atoms with E-state index in [-0.39, 0.29) is 18.7 Å². The number of thiophene rings is 1. The zero-order valence-electron chi connectivity index (χ0n) is 21.2. The molecule has 0 fully saturated rings. The molecule has 0 unspecified atom stereocenters. The van der Waals surface area contributed by atoms with Crippen molar-refractivity contribution in [2.24, 2.45) is 0 Å². The van der Waals surface area contributed by atoms with E-state index >= 15 is 0 Å². The number of anilines is 1. The summed E-state index contributed by atoms with van der Waals surface area (Å²) in [5.41, 5.74) is 1.36. The molecule has 2 amide bonds. The summed E-state index contributed by atoms with van der Waals surface area (Å²) >= 11 is 1.24. The summed E-state index contributed by atoms with van der Waals surface area (Å²) in [5.74, 6) is 0.238. The number of ether oxygens (including phenoxy) is 5. The second-order valence-electron chi connectivity index (χ2n) is 7.62. The van der Waals surface area contributed by atoms with Gasteiger partial charge in [-0.15, -0.1) is 11.3 Å². The van der Waals surface area contributed by atoms with Crippen LogP contribution in [0.2, 0.25) is 0 Å². The molecule has 36 heavy (non-hydrogen) atoms. The SMILES string of the molecule is CCOC(=O)c1c(NC(=O)c2cc(OCC)c(OCC)c(OCC)c2)sc2c1CCN(C(=O)OC)C2. The van der Waals surface area contributed by atoms with Crippen LogP contribution in [-0.2, 0) is 22.4 Å². The Balaban J connectivity index is 1.99. The van der Waals surface area contributed by atoms with Crippen LogP contribution < -0.4 is 19.5 Å². The number of carbonyl (C=O) groups excluding carboxylic acids is 3. The van der Waals surface area contributed by atoms with Crippen molar-refractivity contribution in [1.29, 1.82) is 0 Å². The fraction of sp³-hybridized carbons (Fsp3) is 0.480. The van der Waals surface area contributed by atoms with Crippen molar-refractivity contribution < 1.29 is 38.1 Å². The van der Waals surface area contributed by atoms with E-state index in [0.717, 1.165) is 10.4 Å². The summed E-state index contributed by atoms with van der Waals surface area (Å²) in [6.07, 6.45) is -0.00428. The maximum absolute atomic E-state index is 13.4. The molecule has 0 radical (unpaired) electrons. The van der Waals surface area contributed by atoms with Gasteiger partial charge in [0.25, 0.3) is 5.91 Å². The zero-order chi connectivity index (χ0) is 26.2. The van der Waals surface area contributed by atoms with Gasteiger partial charge in [-0.05, 0) is 51.8 Å². The molecule has 1 aromatic heterocycles. The van der Waals surface area contributed by atoms with Crippen LogP contribution in [0.1, 0.15) is 58.9 Å². The standard InChI is InChI=1S/C25H32N2O8S/c1-6-32-17-12-15(13-18(33-7-2)21(17)34-8-3)22(28)26-23-20(24(29)35-9-4)16-10-11-27(25(30)31-5)14-19(16)36-23/h12-13H,6-11,14H2,1-5H3,(H,26,28). The van der Waals surface area contributed by atoms with Gasteiger partial charge in [0.2, 0.25) is 5.75 Å². The molecule has 0 atom stereocenters. The van der Waals surface area contributed by atoms with Gasteiger partial charge in [-0.25, -0.2) is 9.59 Å². The lowest BCUT2D eigenvalue weighted by Gasteiger charge is -2.25. The van der Waals surface area contributed by atoms with Crippen molar-refractivity contribution in [2.75, 3.05) is 45.4 Å². The largest absolute Gasteiger partial charge is 0.490 e. The second-order valence-corrected chi connectivity index (χ2v) is 8.73. The molecule has 3 rings (SSSR count). The number of carbonyl (C=O) groups is 3. The van der Waals surface area contributed by atoms with Crippen LogP contribution in [0.3, 0.4) is 0 Å². The highest BCUT2D eigenvalue weighted by Gasteiger charge is 2.31. The molecule has 0 aliphatic carbocycles. The normalized spacial score (nSPS) is 12.4. The van der Waals surface area contributed by atoms with Crippen molar-refractivity contribution in [3.8, 4) is 17.2 Å². The van der Waals surface area contributed by atoms with Gasteiger partial charge in [-0.3, -0.25) is 4.79 Å². The number of nitrogens with one attached hydrogen (secondary N) is 1. The first-order chi connectivity index (χ1) is 17.4. The number of rotatable bonds is 10.